The largest absolute Gasteiger partial charge is 0.478 e. The van der Waals surface area contributed by atoms with Crippen molar-refractivity contribution in [1.82, 2.24) is 9.97 Å². The van der Waals surface area contributed by atoms with E-state index < -0.39 is 29.9 Å². The third-order valence-corrected chi connectivity index (χ3v) is 5.22. The Hall–Kier alpha value is -2.39. The molecule has 1 fully saturated rings. The highest BCUT2D eigenvalue weighted by Crippen LogP contribution is 2.36. The summed E-state index contributed by atoms with van der Waals surface area (Å²) in [6.07, 6.45) is -2.12. The number of nitrogens with zero attached hydrogens (tertiary/aromatic N) is 1. The molecular formula is C19H14BrF3N2O3. The number of carboxylic acid groups (broad SMARTS) is 1. The molecule has 0 saturated carbocycles. The number of hydrogen-bond acceptors (Lipinski definition) is 3. The Labute approximate surface area is 165 Å². The second-order valence-corrected chi connectivity index (χ2v) is 7.45. The average Bonchev–Trinajstić information content (AvgIpc) is 2.97. The van der Waals surface area contributed by atoms with Gasteiger partial charge >= 0.3 is 5.97 Å². The van der Waals surface area contributed by atoms with Gasteiger partial charge in [0.2, 0.25) is 0 Å². The molecule has 0 unspecified atom stereocenters. The third kappa shape index (κ3) is 3.29. The second-order valence-electron chi connectivity index (χ2n) is 6.54. The Morgan fingerprint density at radius 1 is 1.36 bits per heavy atom. The first-order chi connectivity index (χ1) is 13.3. The average molecular weight is 455 g/mol. The second kappa shape index (κ2) is 7.21. The first-order valence-electron chi connectivity index (χ1n) is 8.49. The van der Waals surface area contributed by atoms with Gasteiger partial charge < -0.3 is 14.8 Å². The minimum absolute atomic E-state index is 0.0889. The van der Waals surface area contributed by atoms with Crippen molar-refractivity contribution >= 4 is 32.9 Å². The van der Waals surface area contributed by atoms with Gasteiger partial charge in [-0.3, -0.25) is 0 Å². The minimum Gasteiger partial charge on any atom is -0.478 e. The number of imidazole rings is 1. The zero-order valence-electron chi connectivity index (χ0n) is 14.3. The number of H-pyrrole nitrogens is 1. The van der Waals surface area contributed by atoms with Gasteiger partial charge in [-0.05, 0) is 24.3 Å². The van der Waals surface area contributed by atoms with Crippen LogP contribution in [0.5, 0.6) is 0 Å². The maximum atomic E-state index is 15.0. The van der Waals surface area contributed by atoms with Crippen LogP contribution in [0.3, 0.4) is 0 Å². The molecule has 2 atom stereocenters. The highest BCUT2D eigenvalue weighted by atomic mass is 79.9. The molecule has 146 valence electrons. The molecule has 9 heteroatoms. The van der Waals surface area contributed by atoms with Gasteiger partial charge in [-0.15, -0.1) is 0 Å². The van der Waals surface area contributed by atoms with E-state index in [0.29, 0.717) is 18.5 Å². The summed E-state index contributed by atoms with van der Waals surface area (Å²) in [6, 6.07) is 5.02. The van der Waals surface area contributed by atoms with Crippen molar-refractivity contribution in [2.45, 2.75) is 25.1 Å². The fourth-order valence-corrected chi connectivity index (χ4v) is 3.68. The van der Waals surface area contributed by atoms with E-state index >= 15 is 0 Å². The van der Waals surface area contributed by atoms with Gasteiger partial charge in [0.15, 0.2) is 6.17 Å². The number of carboxylic acids is 1. The highest BCUT2D eigenvalue weighted by molar-refractivity contribution is 9.10. The van der Waals surface area contributed by atoms with Gasteiger partial charge in [-0.1, -0.05) is 15.9 Å². The highest BCUT2D eigenvalue weighted by Gasteiger charge is 2.34. The number of ether oxygens (including phenoxy) is 1. The normalized spacial score (nSPS) is 17.5. The molecule has 3 aromatic rings. The van der Waals surface area contributed by atoms with Crippen molar-refractivity contribution in [3.05, 3.63) is 62.9 Å². The smallest absolute Gasteiger partial charge is 0.336 e. The van der Waals surface area contributed by atoms with Crippen LogP contribution in [0.1, 0.15) is 39.9 Å². The van der Waals surface area contributed by atoms with Gasteiger partial charge in [0.25, 0.3) is 0 Å². The number of nitrogens with one attached hydrogen (secondary N) is 1. The van der Waals surface area contributed by atoms with Crippen molar-refractivity contribution in [2.24, 2.45) is 0 Å². The van der Waals surface area contributed by atoms with Crippen molar-refractivity contribution in [2.75, 3.05) is 6.61 Å². The number of carbonyl (C=O) groups is 1. The number of benzene rings is 2. The third-order valence-electron chi connectivity index (χ3n) is 4.76. The standard InChI is InChI=1S/C19H14BrF3N2O3/c20-8-5-11(21)10(12(22)6-8)7-15-24-13-2-1-9(19(26)27)16(18(13)25-15)17(23)14-3-4-28-14/h1-2,5-6,14,17H,3-4,7H2,(H,24,25)(H,26,27)/t14-,17+/m0/s1. The van der Waals surface area contributed by atoms with Crippen LogP contribution in [-0.2, 0) is 11.2 Å². The van der Waals surface area contributed by atoms with Gasteiger partial charge in [0, 0.05) is 35.0 Å². The molecule has 2 aromatic carbocycles. The zero-order chi connectivity index (χ0) is 20.0. The van der Waals surface area contributed by atoms with Gasteiger partial charge in [0.1, 0.15) is 17.5 Å². The molecule has 0 spiro atoms. The summed E-state index contributed by atoms with van der Waals surface area (Å²) in [5.74, 6) is -2.58. The monoisotopic (exact) mass is 454 g/mol. The summed E-state index contributed by atoms with van der Waals surface area (Å²) in [5.41, 5.74) is 0.00983. The summed E-state index contributed by atoms with van der Waals surface area (Å²) in [6.45, 7) is 0.414. The van der Waals surface area contributed by atoms with E-state index in [2.05, 4.69) is 25.9 Å². The van der Waals surface area contributed by atoms with Gasteiger partial charge in [-0.2, -0.15) is 0 Å². The summed E-state index contributed by atoms with van der Waals surface area (Å²) < 4.78 is 48.7. The lowest BCUT2D eigenvalue weighted by molar-refractivity contribution is -0.0936. The van der Waals surface area contributed by atoms with E-state index in [1.165, 1.54) is 12.1 Å². The summed E-state index contributed by atoms with van der Waals surface area (Å²) in [7, 11) is 0. The molecule has 0 amide bonds. The zero-order valence-corrected chi connectivity index (χ0v) is 15.9. The molecule has 5 nitrogen and oxygen atoms in total. The van der Waals surface area contributed by atoms with Crippen LogP contribution in [0.15, 0.2) is 28.7 Å². The number of aromatic nitrogens is 2. The van der Waals surface area contributed by atoms with Crippen molar-refractivity contribution in [3.63, 3.8) is 0 Å². The first kappa shape index (κ1) is 18.9. The number of aromatic amines is 1. The SMILES string of the molecule is O=C(O)c1ccc2[nH]c(Cc3c(F)cc(Br)cc3F)nc2c1[C@H](F)[C@@H]1CCO1. The maximum absolute atomic E-state index is 15.0. The number of alkyl halides is 1. The van der Waals surface area contributed by atoms with E-state index in [9.17, 15) is 23.1 Å². The van der Waals surface area contributed by atoms with Crippen molar-refractivity contribution < 1.29 is 27.8 Å². The van der Waals surface area contributed by atoms with Crippen LogP contribution >= 0.6 is 15.9 Å². The summed E-state index contributed by atoms with van der Waals surface area (Å²) in [4.78, 5) is 18.7. The summed E-state index contributed by atoms with van der Waals surface area (Å²) in [5, 5.41) is 9.44. The topological polar surface area (TPSA) is 75.2 Å². The quantitative estimate of drug-likeness (QED) is 0.586. The van der Waals surface area contributed by atoms with E-state index in [1.54, 1.807) is 0 Å². The summed E-state index contributed by atoms with van der Waals surface area (Å²) >= 11 is 3.02. The Morgan fingerprint density at radius 2 is 2.04 bits per heavy atom. The van der Waals surface area contributed by atoms with E-state index in [0.717, 1.165) is 12.1 Å². The van der Waals surface area contributed by atoms with E-state index in [4.69, 9.17) is 4.74 Å². The number of aromatic carboxylic acids is 1. The van der Waals surface area contributed by atoms with Crippen LogP contribution in [0, 0.1) is 11.6 Å². The molecule has 2 N–H and O–H groups in total. The molecule has 0 bridgehead atoms. The molecule has 4 rings (SSSR count). The van der Waals surface area contributed by atoms with Gasteiger partial charge in [0.05, 0.1) is 22.7 Å². The van der Waals surface area contributed by atoms with E-state index in [1.807, 2.05) is 0 Å². The molecule has 28 heavy (non-hydrogen) atoms. The molecular weight excluding hydrogens is 441 g/mol. The van der Waals surface area contributed by atoms with Crippen LogP contribution in [0.2, 0.25) is 0 Å². The molecule has 1 aromatic heterocycles. The Bertz CT molecular complexity index is 1060. The Balaban J connectivity index is 1.79. The fourth-order valence-electron chi connectivity index (χ4n) is 3.28. The number of hydrogen-bond donors (Lipinski definition) is 2. The lowest BCUT2D eigenvalue weighted by Gasteiger charge is -2.30. The van der Waals surface area contributed by atoms with Crippen molar-refractivity contribution in [3.8, 4) is 0 Å². The van der Waals surface area contributed by atoms with Crippen molar-refractivity contribution in [1.29, 1.82) is 0 Å². The maximum Gasteiger partial charge on any atom is 0.336 e. The molecule has 0 radical (unpaired) electrons. The molecule has 2 heterocycles. The number of halogens is 4. The lowest BCUT2D eigenvalue weighted by atomic mass is 9.95. The molecule has 1 aliphatic heterocycles. The number of rotatable bonds is 5. The van der Waals surface area contributed by atoms with Crippen LogP contribution < -0.4 is 0 Å². The van der Waals surface area contributed by atoms with Crippen LogP contribution in [0.25, 0.3) is 11.0 Å². The Kier molecular flexibility index (Phi) is 4.88. The molecule has 0 aliphatic carbocycles. The fraction of sp³-hybridized carbons (Fsp3) is 0.263. The predicted molar refractivity (Wildman–Crippen MR) is 98.1 cm³/mol. The number of fused-ring (bicyclic) bond motifs is 1. The molecule has 1 saturated heterocycles. The molecule has 1 aliphatic rings. The predicted octanol–water partition coefficient (Wildman–Crippen LogP) is 4.69. The van der Waals surface area contributed by atoms with E-state index in [-0.39, 0.29) is 38.9 Å². The van der Waals surface area contributed by atoms with Crippen LogP contribution in [-0.4, -0.2) is 33.8 Å². The Morgan fingerprint density at radius 3 is 2.61 bits per heavy atom. The van der Waals surface area contributed by atoms with Crippen LogP contribution in [0.4, 0.5) is 13.2 Å². The lowest BCUT2D eigenvalue weighted by Crippen LogP contribution is -2.32. The van der Waals surface area contributed by atoms with Gasteiger partial charge in [-0.25, -0.2) is 22.9 Å². The first-order valence-corrected chi connectivity index (χ1v) is 9.28. The minimum atomic E-state index is -1.67.